The first kappa shape index (κ1) is 21.2. The van der Waals surface area contributed by atoms with Crippen LogP contribution in [0.5, 0.6) is 0 Å². The Morgan fingerprint density at radius 3 is 2.45 bits per heavy atom. The van der Waals surface area contributed by atoms with Crippen LogP contribution in [-0.4, -0.2) is 25.8 Å². The van der Waals surface area contributed by atoms with Crippen LogP contribution in [0.3, 0.4) is 0 Å². The van der Waals surface area contributed by atoms with Gasteiger partial charge in [-0.15, -0.1) is 0 Å². The van der Waals surface area contributed by atoms with Crippen LogP contribution in [0.4, 0.5) is 5.69 Å². The minimum Gasteiger partial charge on any atom is -0.319 e. The van der Waals surface area contributed by atoms with Crippen LogP contribution < -0.4 is 16.6 Å². The summed E-state index contributed by atoms with van der Waals surface area (Å²) in [5.41, 5.74) is 0.766. The SMILES string of the molecule is CC(C)c1cc(Sc2c(Cl)cc(NC(=O)c3noc(=O)[nH]3)cc2Cl)nn(C)c1=O. The van der Waals surface area contributed by atoms with Gasteiger partial charge in [-0.25, -0.2) is 9.48 Å². The van der Waals surface area contributed by atoms with E-state index in [1.165, 1.54) is 28.6 Å². The lowest BCUT2D eigenvalue weighted by Gasteiger charge is -2.12. The number of halogens is 2. The number of hydrogen-bond donors (Lipinski definition) is 2. The number of aryl methyl sites for hydroxylation is 1. The van der Waals surface area contributed by atoms with Crippen molar-refractivity contribution < 1.29 is 9.32 Å². The monoisotopic (exact) mass is 455 g/mol. The molecule has 2 N–H and O–H groups in total. The van der Waals surface area contributed by atoms with Crippen LogP contribution in [0, 0.1) is 0 Å². The van der Waals surface area contributed by atoms with Gasteiger partial charge in [-0.1, -0.05) is 48.8 Å². The quantitative estimate of drug-likeness (QED) is 0.604. The van der Waals surface area contributed by atoms with Crippen molar-refractivity contribution >= 4 is 46.6 Å². The van der Waals surface area contributed by atoms with Crippen molar-refractivity contribution in [3.63, 3.8) is 0 Å². The van der Waals surface area contributed by atoms with Crippen LogP contribution in [0.25, 0.3) is 0 Å². The lowest BCUT2D eigenvalue weighted by atomic mass is 10.1. The molecule has 0 saturated heterocycles. The Hall–Kier alpha value is -2.56. The molecule has 0 aliphatic heterocycles. The first-order valence-corrected chi connectivity index (χ1v) is 9.85. The molecule has 3 aromatic rings. The standard InChI is InChI=1S/C17H15Cl2N5O4S/c1-7(2)9-6-12(22-24(3)16(9)26)29-13-10(18)4-8(5-11(13)19)20-15(25)14-21-17(27)28-23-14/h4-7H,1-3H3,(H,20,25)(H,21,23,27). The molecule has 0 aliphatic rings. The van der Waals surface area contributed by atoms with Gasteiger partial charge < -0.3 is 5.32 Å². The van der Waals surface area contributed by atoms with Crippen molar-refractivity contribution in [3.05, 3.63) is 60.5 Å². The first-order valence-electron chi connectivity index (χ1n) is 8.28. The molecule has 0 saturated carbocycles. The Balaban J connectivity index is 1.88. The molecule has 0 aliphatic carbocycles. The summed E-state index contributed by atoms with van der Waals surface area (Å²) in [6.45, 7) is 3.84. The Kier molecular flexibility index (Phi) is 6.15. The Labute approximate surface area is 178 Å². The van der Waals surface area contributed by atoms with E-state index < -0.39 is 11.7 Å². The van der Waals surface area contributed by atoms with Gasteiger partial charge in [-0.2, -0.15) is 5.10 Å². The highest BCUT2D eigenvalue weighted by Gasteiger charge is 2.17. The maximum Gasteiger partial charge on any atom is 0.439 e. The predicted octanol–water partition coefficient (Wildman–Crippen LogP) is 3.29. The van der Waals surface area contributed by atoms with E-state index in [0.29, 0.717) is 21.2 Å². The van der Waals surface area contributed by atoms with Crippen LogP contribution >= 0.6 is 35.0 Å². The third-order valence-corrected chi connectivity index (χ3v) is 5.68. The lowest BCUT2D eigenvalue weighted by molar-refractivity contribution is 0.101. The number of hydrogen-bond acceptors (Lipinski definition) is 7. The number of amides is 1. The Morgan fingerprint density at radius 2 is 1.90 bits per heavy atom. The molecule has 3 rings (SSSR count). The van der Waals surface area contributed by atoms with Crippen molar-refractivity contribution in [2.24, 2.45) is 7.05 Å². The summed E-state index contributed by atoms with van der Waals surface area (Å²) >= 11 is 13.9. The second-order valence-electron chi connectivity index (χ2n) is 6.29. The summed E-state index contributed by atoms with van der Waals surface area (Å²) < 4.78 is 5.56. The summed E-state index contributed by atoms with van der Waals surface area (Å²) in [5.74, 6) is -1.79. The van der Waals surface area contributed by atoms with Crippen molar-refractivity contribution in [2.45, 2.75) is 29.7 Å². The molecule has 0 radical (unpaired) electrons. The fourth-order valence-electron chi connectivity index (χ4n) is 2.42. The summed E-state index contributed by atoms with van der Waals surface area (Å²) in [6.07, 6.45) is 0. The van der Waals surface area contributed by atoms with E-state index in [1.807, 2.05) is 13.8 Å². The maximum atomic E-state index is 12.2. The van der Waals surface area contributed by atoms with Crippen LogP contribution in [0.2, 0.25) is 10.0 Å². The molecule has 1 amide bonds. The summed E-state index contributed by atoms with van der Waals surface area (Å²) in [7, 11) is 1.58. The Morgan fingerprint density at radius 1 is 1.24 bits per heavy atom. The van der Waals surface area contributed by atoms with Crippen LogP contribution in [0.1, 0.15) is 35.9 Å². The average Bonchev–Trinajstić information content (AvgIpc) is 3.07. The minimum atomic E-state index is -0.844. The van der Waals surface area contributed by atoms with Crippen molar-refractivity contribution in [1.82, 2.24) is 19.9 Å². The highest BCUT2D eigenvalue weighted by atomic mass is 35.5. The molecule has 2 heterocycles. The fourth-order valence-corrected chi connectivity index (χ4v) is 4.01. The zero-order valence-corrected chi connectivity index (χ0v) is 17.8. The number of carbonyl (C=O) groups is 1. The van der Waals surface area contributed by atoms with Gasteiger partial charge in [0.15, 0.2) is 0 Å². The van der Waals surface area contributed by atoms with E-state index in [1.54, 1.807) is 13.1 Å². The number of aromatic amines is 1. The van der Waals surface area contributed by atoms with Gasteiger partial charge in [0, 0.05) is 18.3 Å². The molecule has 12 heteroatoms. The molecule has 0 spiro atoms. The van der Waals surface area contributed by atoms with Crippen LogP contribution in [-0.2, 0) is 7.05 Å². The molecule has 29 heavy (non-hydrogen) atoms. The molecule has 2 aromatic heterocycles. The molecule has 9 nitrogen and oxygen atoms in total. The van der Waals surface area contributed by atoms with Gasteiger partial charge >= 0.3 is 5.76 Å². The summed E-state index contributed by atoms with van der Waals surface area (Å²) in [5, 5.41) is 11.1. The molecular formula is C17H15Cl2N5O4S. The third-order valence-electron chi connectivity index (χ3n) is 3.81. The Bertz CT molecular complexity index is 1180. The van der Waals surface area contributed by atoms with E-state index in [9.17, 15) is 14.4 Å². The predicted molar refractivity (Wildman–Crippen MR) is 109 cm³/mol. The third kappa shape index (κ3) is 4.72. The van der Waals surface area contributed by atoms with Crippen molar-refractivity contribution in [3.8, 4) is 0 Å². The largest absolute Gasteiger partial charge is 0.439 e. The van der Waals surface area contributed by atoms with Gasteiger partial charge in [0.25, 0.3) is 11.5 Å². The second-order valence-corrected chi connectivity index (χ2v) is 8.14. The summed E-state index contributed by atoms with van der Waals surface area (Å²) in [4.78, 5) is 37.8. The van der Waals surface area contributed by atoms with E-state index in [2.05, 4.69) is 25.1 Å². The highest BCUT2D eigenvalue weighted by Crippen LogP contribution is 2.40. The number of carbonyl (C=O) groups excluding carboxylic acids is 1. The number of rotatable bonds is 5. The number of nitrogens with one attached hydrogen (secondary N) is 2. The maximum absolute atomic E-state index is 12.2. The second kappa shape index (κ2) is 8.44. The molecule has 0 bridgehead atoms. The fraction of sp³-hybridized carbons (Fsp3) is 0.235. The molecule has 0 unspecified atom stereocenters. The number of H-pyrrole nitrogens is 1. The highest BCUT2D eigenvalue weighted by molar-refractivity contribution is 7.99. The molecular weight excluding hydrogens is 441 g/mol. The van der Waals surface area contributed by atoms with Crippen molar-refractivity contribution in [2.75, 3.05) is 5.32 Å². The van der Waals surface area contributed by atoms with E-state index >= 15 is 0 Å². The van der Waals surface area contributed by atoms with Gasteiger partial charge in [-0.05, 0) is 29.3 Å². The normalized spacial score (nSPS) is 11.1. The smallest absolute Gasteiger partial charge is 0.319 e. The first-order chi connectivity index (χ1) is 13.7. The number of anilines is 1. The topological polar surface area (TPSA) is 123 Å². The van der Waals surface area contributed by atoms with Crippen LogP contribution in [0.15, 0.2) is 42.2 Å². The zero-order valence-electron chi connectivity index (χ0n) is 15.4. The lowest BCUT2D eigenvalue weighted by Crippen LogP contribution is -2.24. The molecule has 0 atom stereocenters. The molecule has 1 aromatic carbocycles. The van der Waals surface area contributed by atoms with E-state index in [4.69, 9.17) is 23.2 Å². The van der Waals surface area contributed by atoms with Gasteiger partial charge in [0.1, 0.15) is 5.03 Å². The number of aromatic nitrogens is 4. The minimum absolute atomic E-state index is 0.0301. The zero-order chi connectivity index (χ0) is 21.3. The molecule has 152 valence electrons. The van der Waals surface area contributed by atoms with E-state index in [0.717, 1.165) is 0 Å². The van der Waals surface area contributed by atoms with Crippen molar-refractivity contribution in [1.29, 1.82) is 0 Å². The molecule has 0 fully saturated rings. The van der Waals surface area contributed by atoms with Gasteiger partial charge in [0.2, 0.25) is 5.82 Å². The van der Waals surface area contributed by atoms with Gasteiger partial charge in [0.05, 0.1) is 14.9 Å². The number of nitrogens with zero attached hydrogens (tertiary/aromatic N) is 3. The van der Waals surface area contributed by atoms with Gasteiger partial charge in [-0.3, -0.25) is 19.1 Å². The number of benzene rings is 1. The average molecular weight is 456 g/mol. The summed E-state index contributed by atoms with van der Waals surface area (Å²) in [6, 6.07) is 4.70. The van der Waals surface area contributed by atoms with E-state index in [-0.39, 0.29) is 27.3 Å².